The average molecular weight is 274 g/mol. The molecule has 19 heavy (non-hydrogen) atoms. The van der Waals surface area contributed by atoms with E-state index < -0.39 is 0 Å². The topological polar surface area (TPSA) is 81.7 Å². The Morgan fingerprint density at radius 1 is 1.37 bits per heavy atom. The molecule has 3 rings (SSSR count). The molecule has 3 N–H and O–H groups in total. The van der Waals surface area contributed by atoms with Crippen LogP contribution in [0.25, 0.3) is 10.2 Å². The maximum absolute atomic E-state index is 6.09. The van der Waals surface area contributed by atoms with Crippen LogP contribution in [0.4, 0.5) is 11.4 Å². The third kappa shape index (κ3) is 2.37. The summed E-state index contributed by atoms with van der Waals surface area (Å²) in [7, 11) is 1.86. The number of nitrogen functional groups attached to an aromatic ring is 1. The summed E-state index contributed by atoms with van der Waals surface area (Å²) in [5.74, 6) is 0.823. The number of rotatable bonds is 4. The zero-order valence-electron chi connectivity index (χ0n) is 10.5. The monoisotopic (exact) mass is 274 g/mol. The number of aromatic nitrogens is 4. The van der Waals surface area contributed by atoms with Crippen molar-refractivity contribution in [1.29, 1.82) is 0 Å². The van der Waals surface area contributed by atoms with Crippen LogP contribution >= 0.6 is 11.3 Å². The molecule has 2 aromatic heterocycles. The first kappa shape index (κ1) is 11.9. The summed E-state index contributed by atoms with van der Waals surface area (Å²) < 4.78 is 2.81. The van der Waals surface area contributed by atoms with Crippen LogP contribution in [0.1, 0.15) is 5.82 Å². The summed E-state index contributed by atoms with van der Waals surface area (Å²) in [6.07, 6.45) is 2.46. The first-order chi connectivity index (χ1) is 9.24. The van der Waals surface area contributed by atoms with Gasteiger partial charge in [0.25, 0.3) is 0 Å². The van der Waals surface area contributed by atoms with Gasteiger partial charge in [0.05, 0.1) is 21.6 Å². The predicted octanol–water partition coefficient (Wildman–Crippen LogP) is 1.66. The molecule has 0 radical (unpaired) electrons. The smallest absolute Gasteiger partial charge is 0.152 e. The van der Waals surface area contributed by atoms with Gasteiger partial charge in [0, 0.05) is 20.0 Å². The Kier molecular flexibility index (Phi) is 3.04. The van der Waals surface area contributed by atoms with Crippen molar-refractivity contribution >= 4 is 32.9 Å². The Hall–Kier alpha value is -2.15. The molecular weight excluding hydrogens is 260 g/mol. The van der Waals surface area contributed by atoms with Gasteiger partial charge >= 0.3 is 0 Å². The van der Waals surface area contributed by atoms with Crippen LogP contribution in [-0.4, -0.2) is 26.3 Å². The molecule has 6 nitrogen and oxygen atoms in total. The number of nitrogens with zero attached hydrogens (tertiary/aromatic N) is 4. The Morgan fingerprint density at radius 3 is 3.05 bits per heavy atom. The van der Waals surface area contributed by atoms with Gasteiger partial charge in [-0.05, 0) is 12.1 Å². The summed E-state index contributed by atoms with van der Waals surface area (Å²) in [4.78, 5) is 8.45. The molecule has 0 saturated heterocycles. The van der Waals surface area contributed by atoms with E-state index in [9.17, 15) is 0 Å². The van der Waals surface area contributed by atoms with Gasteiger partial charge in [-0.1, -0.05) is 0 Å². The summed E-state index contributed by atoms with van der Waals surface area (Å²) in [6.45, 7) is 0.740. The van der Waals surface area contributed by atoms with Crippen molar-refractivity contribution in [3.63, 3.8) is 0 Å². The molecule has 0 aliphatic carbocycles. The van der Waals surface area contributed by atoms with Gasteiger partial charge in [-0.15, -0.1) is 11.3 Å². The fourth-order valence-corrected chi connectivity index (χ4v) is 2.61. The van der Waals surface area contributed by atoms with Crippen molar-refractivity contribution in [1.82, 2.24) is 19.7 Å². The van der Waals surface area contributed by atoms with E-state index in [0.717, 1.165) is 34.7 Å². The Labute approximate surface area is 114 Å². The number of hydrogen-bond acceptors (Lipinski definition) is 6. The highest BCUT2D eigenvalue weighted by Gasteiger charge is 2.06. The number of hydrogen-bond donors (Lipinski definition) is 2. The fraction of sp³-hybridized carbons (Fsp3) is 0.250. The van der Waals surface area contributed by atoms with E-state index in [1.54, 1.807) is 22.3 Å². The van der Waals surface area contributed by atoms with E-state index in [4.69, 9.17) is 5.73 Å². The molecule has 0 atom stereocenters. The van der Waals surface area contributed by atoms with Crippen LogP contribution in [-0.2, 0) is 13.5 Å². The van der Waals surface area contributed by atoms with Crippen LogP contribution in [0.2, 0.25) is 0 Å². The van der Waals surface area contributed by atoms with Crippen LogP contribution in [0.5, 0.6) is 0 Å². The molecular formula is C12H14N6S. The number of anilines is 2. The molecule has 0 fully saturated rings. The predicted molar refractivity (Wildman–Crippen MR) is 77.2 cm³/mol. The number of nitrogens with one attached hydrogen (secondary N) is 1. The molecule has 0 saturated carbocycles. The van der Waals surface area contributed by atoms with Crippen molar-refractivity contribution in [2.75, 3.05) is 17.6 Å². The van der Waals surface area contributed by atoms with Crippen LogP contribution in [0.15, 0.2) is 24.0 Å². The minimum Gasteiger partial charge on any atom is -0.395 e. The van der Waals surface area contributed by atoms with Crippen LogP contribution < -0.4 is 11.1 Å². The highest BCUT2D eigenvalue weighted by Crippen LogP contribution is 2.29. The molecule has 3 aromatic rings. The third-order valence-electron chi connectivity index (χ3n) is 2.85. The standard InChI is InChI=1S/C12H14N6S/c1-18-6-15-10(17-18)4-5-14-8-2-3-9-12(11(8)13)16-7-19-9/h2-3,6-7,14H,4-5,13H2,1H3. The number of benzene rings is 1. The number of thiazole rings is 1. The highest BCUT2D eigenvalue weighted by atomic mass is 32.1. The van der Waals surface area contributed by atoms with Crippen molar-refractivity contribution in [3.05, 3.63) is 29.8 Å². The summed E-state index contributed by atoms with van der Waals surface area (Å²) >= 11 is 1.59. The minimum absolute atomic E-state index is 0.702. The largest absolute Gasteiger partial charge is 0.395 e. The number of aryl methyl sites for hydroxylation is 1. The summed E-state index contributed by atoms with van der Waals surface area (Å²) in [5.41, 5.74) is 10.4. The second kappa shape index (κ2) is 4.85. The quantitative estimate of drug-likeness (QED) is 0.707. The van der Waals surface area contributed by atoms with Crippen molar-refractivity contribution in [3.8, 4) is 0 Å². The van der Waals surface area contributed by atoms with E-state index in [2.05, 4.69) is 20.4 Å². The van der Waals surface area contributed by atoms with E-state index in [-0.39, 0.29) is 0 Å². The lowest BCUT2D eigenvalue weighted by molar-refractivity contribution is 0.742. The van der Waals surface area contributed by atoms with E-state index >= 15 is 0 Å². The van der Waals surface area contributed by atoms with Crippen LogP contribution in [0.3, 0.4) is 0 Å². The lowest BCUT2D eigenvalue weighted by atomic mass is 10.2. The third-order valence-corrected chi connectivity index (χ3v) is 3.65. The summed E-state index contributed by atoms with van der Waals surface area (Å²) in [6, 6.07) is 4.02. The Morgan fingerprint density at radius 2 is 2.26 bits per heavy atom. The maximum Gasteiger partial charge on any atom is 0.152 e. The zero-order chi connectivity index (χ0) is 13.2. The molecule has 7 heteroatoms. The van der Waals surface area contributed by atoms with Gasteiger partial charge in [0.2, 0.25) is 0 Å². The van der Waals surface area contributed by atoms with Crippen LogP contribution in [0, 0.1) is 0 Å². The van der Waals surface area contributed by atoms with Gasteiger partial charge in [-0.3, -0.25) is 4.68 Å². The van der Waals surface area contributed by atoms with Gasteiger partial charge < -0.3 is 11.1 Å². The molecule has 0 aliphatic heterocycles. The first-order valence-electron chi connectivity index (χ1n) is 5.94. The van der Waals surface area contributed by atoms with Crippen molar-refractivity contribution < 1.29 is 0 Å². The molecule has 0 aliphatic rings. The van der Waals surface area contributed by atoms with Gasteiger partial charge in [0.1, 0.15) is 11.8 Å². The highest BCUT2D eigenvalue weighted by molar-refractivity contribution is 7.16. The SMILES string of the molecule is Cn1cnc(CCNc2ccc3scnc3c2N)n1. The molecule has 98 valence electrons. The van der Waals surface area contributed by atoms with Gasteiger partial charge in [-0.25, -0.2) is 9.97 Å². The normalized spacial score (nSPS) is 11.0. The summed E-state index contributed by atoms with van der Waals surface area (Å²) in [5, 5.41) is 7.53. The minimum atomic E-state index is 0.702. The molecule has 1 aromatic carbocycles. The lowest BCUT2D eigenvalue weighted by Gasteiger charge is -2.08. The molecule has 0 amide bonds. The van der Waals surface area contributed by atoms with E-state index in [1.807, 2.05) is 24.7 Å². The van der Waals surface area contributed by atoms with E-state index in [1.165, 1.54) is 0 Å². The average Bonchev–Trinajstić information content (AvgIpc) is 3.01. The molecule has 2 heterocycles. The van der Waals surface area contributed by atoms with Gasteiger partial charge in [0.15, 0.2) is 5.82 Å². The lowest BCUT2D eigenvalue weighted by Crippen LogP contribution is -2.08. The second-order valence-corrected chi connectivity index (χ2v) is 5.12. The fourth-order valence-electron chi connectivity index (χ4n) is 1.91. The molecule has 0 spiro atoms. The van der Waals surface area contributed by atoms with Gasteiger partial charge in [-0.2, -0.15) is 5.10 Å². The number of nitrogens with two attached hydrogens (primary N) is 1. The van der Waals surface area contributed by atoms with Crippen molar-refractivity contribution in [2.24, 2.45) is 7.05 Å². The second-order valence-electron chi connectivity index (χ2n) is 4.24. The molecule has 0 bridgehead atoms. The zero-order valence-corrected chi connectivity index (χ0v) is 11.3. The van der Waals surface area contributed by atoms with E-state index in [0.29, 0.717) is 5.69 Å². The first-order valence-corrected chi connectivity index (χ1v) is 6.82. The Balaban J connectivity index is 1.69. The number of fused-ring (bicyclic) bond motifs is 1. The van der Waals surface area contributed by atoms with Crippen molar-refractivity contribution in [2.45, 2.75) is 6.42 Å². The molecule has 0 unspecified atom stereocenters. The Bertz CT molecular complexity index is 701. The maximum atomic E-state index is 6.09.